The second kappa shape index (κ2) is 5.91. The molecule has 0 aliphatic carbocycles. The minimum atomic E-state index is -2.44. The van der Waals surface area contributed by atoms with Gasteiger partial charge in [-0.25, -0.2) is 9.00 Å². The zero-order chi connectivity index (χ0) is 13.9. The summed E-state index contributed by atoms with van der Waals surface area (Å²) >= 11 is 11.9. The highest BCUT2D eigenvalue weighted by Gasteiger charge is 2.16. The molecule has 4 nitrogen and oxygen atoms in total. The number of halogens is 2. The Kier molecular flexibility index (Phi) is 5.01. The zero-order valence-electron chi connectivity index (χ0n) is 9.94. The summed E-state index contributed by atoms with van der Waals surface area (Å²) in [4.78, 5) is 10.9. The van der Waals surface area contributed by atoms with E-state index in [1.807, 2.05) is 0 Å². The first kappa shape index (κ1) is 15.3. The van der Waals surface area contributed by atoms with Crippen LogP contribution in [0.2, 0.25) is 10.0 Å². The van der Waals surface area contributed by atoms with Gasteiger partial charge in [-0.2, -0.15) is 4.36 Å². The third-order valence-electron chi connectivity index (χ3n) is 2.46. The van der Waals surface area contributed by atoms with Crippen molar-refractivity contribution in [1.82, 2.24) is 0 Å². The smallest absolute Gasteiger partial charge is 0.337 e. The van der Waals surface area contributed by atoms with Gasteiger partial charge in [-0.15, -0.1) is 0 Å². The molecule has 18 heavy (non-hydrogen) atoms. The van der Waals surface area contributed by atoms with E-state index in [4.69, 9.17) is 28.3 Å². The summed E-state index contributed by atoms with van der Waals surface area (Å²) in [5, 5.41) is 9.07. The predicted octanol–water partition coefficient (Wildman–Crippen LogP) is 3.83. The maximum Gasteiger partial charge on any atom is 0.337 e. The van der Waals surface area contributed by atoms with E-state index < -0.39 is 15.7 Å². The molecule has 0 saturated carbocycles. The number of hydrogen-bond acceptors (Lipinski definition) is 3. The molecule has 0 fully saturated rings. The van der Waals surface area contributed by atoms with Gasteiger partial charge in [0.25, 0.3) is 0 Å². The highest BCUT2D eigenvalue weighted by Crippen LogP contribution is 2.36. The van der Waals surface area contributed by atoms with Gasteiger partial charge in [0.1, 0.15) is 5.69 Å². The second-order valence-corrected chi connectivity index (χ2v) is 7.17. The van der Waals surface area contributed by atoms with Crippen LogP contribution in [0.1, 0.15) is 24.2 Å². The number of carbonyl (C=O) groups is 1. The summed E-state index contributed by atoms with van der Waals surface area (Å²) < 4.78 is 16.3. The van der Waals surface area contributed by atoms with Crippen molar-refractivity contribution >= 4 is 44.6 Å². The Hall–Kier alpha value is -0.780. The average Bonchev–Trinajstić information content (AvgIpc) is 2.33. The van der Waals surface area contributed by atoms with Gasteiger partial charge in [-0.05, 0) is 12.1 Å². The number of rotatable bonds is 4. The van der Waals surface area contributed by atoms with E-state index >= 15 is 0 Å². The average molecular weight is 310 g/mol. The van der Waals surface area contributed by atoms with E-state index in [0.717, 1.165) is 0 Å². The molecule has 100 valence electrons. The van der Waals surface area contributed by atoms with Crippen molar-refractivity contribution in [3.63, 3.8) is 0 Å². The van der Waals surface area contributed by atoms with E-state index in [-0.39, 0.29) is 21.3 Å². The Morgan fingerprint density at radius 1 is 1.33 bits per heavy atom. The van der Waals surface area contributed by atoms with Gasteiger partial charge >= 0.3 is 5.97 Å². The van der Waals surface area contributed by atoms with Crippen LogP contribution in [0, 0.1) is 0 Å². The zero-order valence-corrected chi connectivity index (χ0v) is 12.3. The number of benzene rings is 1. The Morgan fingerprint density at radius 3 is 2.33 bits per heavy atom. The number of carboxylic acid groups (broad SMARTS) is 1. The molecule has 0 aliphatic heterocycles. The van der Waals surface area contributed by atoms with Gasteiger partial charge in [0.2, 0.25) is 0 Å². The lowest BCUT2D eigenvalue weighted by Gasteiger charge is -2.08. The Labute approximate surface area is 116 Å². The Bertz CT molecular complexity index is 582. The van der Waals surface area contributed by atoms with E-state index in [1.54, 1.807) is 13.8 Å². The summed E-state index contributed by atoms with van der Waals surface area (Å²) in [5.74, 6) is -0.464. The molecule has 1 aromatic carbocycles. The molecular weight excluding hydrogens is 297 g/mol. The minimum Gasteiger partial charge on any atom is -0.478 e. The van der Waals surface area contributed by atoms with Crippen LogP contribution in [0.4, 0.5) is 5.69 Å². The summed E-state index contributed by atoms with van der Waals surface area (Å²) in [6.45, 7) is 3.50. The van der Waals surface area contributed by atoms with Crippen molar-refractivity contribution in [3.8, 4) is 0 Å². The first-order chi connectivity index (χ1) is 8.34. The van der Waals surface area contributed by atoms with Crippen molar-refractivity contribution in [3.05, 3.63) is 27.7 Å². The molecule has 0 aliphatic rings. The van der Waals surface area contributed by atoms with Crippen LogP contribution in [0.5, 0.6) is 0 Å². The molecule has 0 bridgehead atoms. The topological polar surface area (TPSA) is 66.7 Å². The van der Waals surface area contributed by atoms with E-state index in [0.29, 0.717) is 11.5 Å². The fourth-order valence-electron chi connectivity index (χ4n) is 1.29. The normalized spacial score (nSPS) is 11.3. The van der Waals surface area contributed by atoms with Crippen LogP contribution in [-0.2, 0) is 9.73 Å². The quantitative estimate of drug-likeness (QED) is 0.919. The molecule has 0 spiro atoms. The van der Waals surface area contributed by atoms with E-state index in [1.165, 1.54) is 12.1 Å². The Morgan fingerprint density at radius 2 is 1.89 bits per heavy atom. The molecule has 0 heterocycles. The predicted molar refractivity (Wildman–Crippen MR) is 74.7 cm³/mol. The molecular formula is C11H13Cl2NO3S. The molecule has 0 saturated heterocycles. The number of nitrogens with zero attached hydrogens (tertiary/aromatic N) is 1. The Balaban J connectivity index is 3.56. The van der Waals surface area contributed by atoms with Gasteiger partial charge in [-0.1, -0.05) is 37.0 Å². The fourth-order valence-corrected chi connectivity index (χ4v) is 3.11. The largest absolute Gasteiger partial charge is 0.478 e. The SMILES string of the molecule is CCS(=O)(CC)=Nc1c(Cl)ccc(C(=O)O)c1Cl. The van der Waals surface area contributed by atoms with Gasteiger partial charge < -0.3 is 5.11 Å². The summed E-state index contributed by atoms with van der Waals surface area (Å²) in [6.07, 6.45) is 0. The van der Waals surface area contributed by atoms with Crippen LogP contribution in [0.15, 0.2) is 16.5 Å². The summed E-state index contributed by atoms with van der Waals surface area (Å²) in [7, 11) is -2.44. The molecule has 0 atom stereocenters. The van der Waals surface area contributed by atoms with Crippen LogP contribution < -0.4 is 0 Å². The highest BCUT2D eigenvalue weighted by atomic mass is 35.5. The molecule has 7 heteroatoms. The fraction of sp³-hybridized carbons (Fsp3) is 0.364. The minimum absolute atomic E-state index is 0.0791. The lowest BCUT2D eigenvalue weighted by Crippen LogP contribution is -2.05. The number of carboxylic acids is 1. The first-order valence-corrected chi connectivity index (χ1v) is 7.89. The maximum atomic E-state index is 12.2. The first-order valence-electron chi connectivity index (χ1n) is 5.28. The van der Waals surface area contributed by atoms with Crippen molar-refractivity contribution < 1.29 is 14.1 Å². The van der Waals surface area contributed by atoms with Crippen LogP contribution in [-0.4, -0.2) is 26.8 Å². The second-order valence-electron chi connectivity index (χ2n) is 3.50. The lowest BCUT2D eigenvalue weighted by molar-refractivity contribution is 0.0697. The summed E-state index contributed by atoms with van der Waals surface area (Å²) in [5.41, 5.74) is -0.0132. The van der Waals surface area contributed by atoms with E-state index in [9.17, 15) is 9.00 Å². The third kappa shape index (κ3) is 3.16. The van der Waals surface area contributed by atoms with Crippen LogP contribution in [0.25, 0.3) is 0 Å². The standard InChI is InChI=1S/C11H13Cl2NO3S/c1-3-18(17,4-2)14-10-8(12)6-5-7(9(10)13)11(15)16/h5-6H,3-4H2,1-2H3,(H,15,16). The molecule has 0 unspecified atom stereocenters. The lowest BCUT2D eigenvalue weighted by atomic mass is 10.2. The monoisotopic (exact) mass is 309 g/mol. The van der Waals surface area contributed by atoms with Crippen molar-refractivity contribution in [2.45, 2.75) is 13.8 Å². The summed E-state index contributed by atoms with van der Waals surface area (Å²) in [6, 6.07) is 2.69. The molecule has 1 rings (SSSR count). The molecule has 0 amide bonds. The van der Waals surface area contributed by atoms with Crippen molar-refractivity contribution in [1.29, 1.82) is 0 Å². The van der Waals surface area contributed by atoms with Gasteiger partial charge in [-0.3, -0.25) is 0 Å². The van der Waals surface area contributed by atoms with Crippen molar-refractivity contribution in [2.75, 3.05) is 11.5 Å². The van der Waals surface area contributed by atoms with Crippen LogP contribution in [0.3, 0.4) is 0 Å². The highest BCUT2D eigenvalue weighted by molar-refractivity contribution is 7.93. The van der Waals surface area contributed by atoms with Crippen LogP contribution >= 0.6 is 23.2 Å². The number of aromatic carboxylic acids is 1. The molecule has 1 aromatic rings. The molecule has 0 aromatic heterocycles. The molecule has 0 radical (unpaired) electrons. The molecule has 1 N–H and O–H groups in total. The maximum absolute atomic E-state index is 12.2. The third-order valence-corrected chi connectivity index (χ3v) is 5.46. The van der Waals surface area contributed by atoms with Gasteiger partial charge in [0.15, 0.2) is 0 Å². The van der Waals surface area contributed by atoms with Crippen molar-refractivity contribution in [2.24, 2.45) is 4.36 Å². The van der Waals surface area contributed by atoms with Gasteiger partial charge in [0, 0.05) is 11.5 Å². The van der Waals surface area contributed by atoms with E-state index in [2.05, 4.69) is 4.36 Å². The van der Waals surface area contributed by atoms with Gasteiger partial charge in [0.05, 0.1) is 25.3 Å². The number of hydrogen-bond donors (Lipinski definition) is 1.